The number of anilines is 1. The van der Waals surface area contributed by atoms with Gasteiger partial charge in [-0.15, -0.1) is 0 Å². The van der Waals surface area contributed by atoms with E-state index in [1.807, 2.05) is 42.5 Å². The van der Waals surface area contributed by atoms with Crippen molar-refractivity contribution in [3.8, 4) is 16.9 Å². The lowest BCUT2D eigenvalue weighted by Crippen LogP contribution is -2.23. The summed E-state index contributed by atoms with van der Waals surface area (Å²) < 4.78 is 15.1. The fourth-order valence-electron chi connectivity index (χ4n) is 2.31. The van der Waals surface area contributed by atoms with Gasteiger partial charge in [0.25, 0.3) is 5.91 Å². The molecule has 7 heteroatoms. The SMILES string of the molecule is Cc1cc(NC(=O)COC(=O)COc2ccc(-c3ccccc3)cc2)no1. The first-order chi connectivity index (χ1) is 13.1. The van der Waals surface area contributed by atoms with E-state index >= 15 is 0 Å². The van der Waals surface area contributed by atoms with Crippen LogP contribution in [0, 0.1) is 6.92 Å². The van der Waals surface area contributed by atoms with E-state index in [0.29, 0.717) is 11.5 Å². The van der Waals surface area contributed by atoms with Crippen molar-refractivity contribution < 1.29 is 23.6 Å². The number of ether oxygens (including phenoxy) is 2. The smallest absolute Gasteiger partial charge is 0.344 e. The second-order valence-electron chi connectivity index (χ2n) is 5.71. The van der Waals surface area contributed by atoms with E-state index < -0.39 is 18.5 Å². The van der Waals surface area contributed by atoms with Gasteiger partial charge in [0.15, 0.2) is 19.0 Å². The first-order valence-corrected chi connectivity index (χ1v) is 8.27. The first kappa shape index (κ1) is 18.2. The van der Waals surface area contributed by atoms with E-state index in [1.54, 1.807) is 25.1 Å². The largest absolute Gasteiger partial charge is 0.482 e. The van der Waals surface area contributed by atoms with Gasteiger partial charge in [-0.25, -0.2) is 4.79 Å². The van der Waals surface area contributed by atoms with Gasteiger partial charge >= 0.3 is 5.97 Å². The summed E-state index contributed by atoms with van der Waals surface area (Å²) >= 11 is 0. The number of nitrogens with one attached hydrogen (secondary N) is 1. The molecule has 0 aliphatic rings. The molecule has 1 amide bonds. The van der Waals surface area contributed by atoms with Gasteiger partial charge in [-0.1, -0.05) is 47.6 Å². The van der Waals surface area contributed by atoms with Gasteiger partial charge in [-0.2, -0.15) is 0 Å². The number of esters is 1. The summed E-state index contributed by atoms with van der Waals surface area (Å²) in [6.07, 6.45) is 0. The molecule has 27 heavy (non-hydrogen) atoms. The maximum absolute atomic E-state index is 11.7. The molecule has 0 unspecified atom stereocenters. The van der Waals surface area contributed by atoms with Gasteiger partial charge < -0.3 is 19.3 Å². The molecule has 0 aliphatic carbocycles. The third-order valence-corrected chi connectivity index (χ3v) is 3.58. The molecule has 1 aromatic heterocycles. The minimum atomic E-state index is -0.645. The summed E-state index contributed by atoms with van der Waals surface area (Å²) in [5.74, 6) is 0.212. The molecule has 0 saturated heterocycles. The summed E-state index contributed by atoms with van der Waals surface area (Å²) in [6, 6.07) is 18.8. The zero-order chi connectivity index (χ0) is 19.1. The van der Waals surface area contributed by atoms with Crippen molar-refractivity contribution in [3.63, 3.8) is 0 Å². The average molecular weight is 366 g/mol. The minimum absolute atomic E-state index is 0.267. The Kier molecular flexibility index (Phi) is 5.84. The van der Waals surface area contributed by atoms with Crippen molar-refractivity contribution in [3.05, 3.63) is 66.4 Å². The number of amides is 1. The number of aryl methyl sites for hydroxylation is 1. The van der Waals surface area contributed by atoms with Crippen LogP contribution in [0.2, 0.25) is 0 Å². The molecule has 0 bridgehead atoms. The highest BCUT2D eigenvalue weighted by atomic mass is 16.6. The molecule has 7 nitrogen and oxygen atoms in total. The number of hydrogen-bond acceptors (Lipinski definition) is 6. The van der Waals surface area contributed by atoms with E-state index in [2.05, 4.69) is 10.5 Å². The summed E-state index contributed by atoms with van der Waals surface area (Å²) in [5, 5.41) is 6.07. The Hall–Kier alpha value is -3.61. The van der Waals surface area contributed by atoms with E-state index in [-0.39, 0.29) is 12.4 Å². The number of rotatable bonds is 7. The van der Waals surface area contributed by atoms with Gasteiger partial charge in [0.1, 0.15) is 11.5 Å². The van der Waals surface area contributed by atoms with Gasteiger partial charge in [-0.05, 0) is 30.2 Å². The van der Waals surface area contributed by atoms with E-state index in [4.69, 9.17) is 14.0 Å². The Labute approximate surface area is 155 Å². The number of carbonyl (C=O) groups excluding carboxylic acids is 2. The van der Waals surface area contributed by atoms with Crippen LogP contribution >= 0.6 is 0 Å². The minimum Gasteiger partial charge on any atom is -0.482 e. The summed E-state index contributed by atoms with van der Waals surface area (Å²) in [7, 11) is 0. The highest BCUT2D eigenvalue weighted by Crippen LogP contribution is 2.22. The lowest BCUT2D eigenvalue weighted by atomic mass is 10.1. The third kappa shape index (κ3) is 5.43. The molecule has 0 aliphatic heterocycles. The maximum Gasteiger partial charge on any atom is 0.344 e. The maximum atomic E-state index is 11.7. The molecular weight excluding hydrogens is 348 g/mol. The van der Waals surface area contributed by atoms with Gasteiger partial charge in [0, 0.05) is 6.07 Å². The zero-order valence-corrected chi connectivity index (χ0v) is 14.7. The second-order valence-corrected chi connectivity index (χ2v) is 5.71. The Bertz CT molecular complexity index is 904. The van der Waals surface area contributed by atoms with Crippen molar-refractivity contribution >= 4 is 17.7 Å². The molecule has 0 fully saturated rings. The van der Waals surface area contributed by atoms with E-state index in [1.165, 1.54) is 0 Å². The van der Waals surface area contributed by atoms with E-state index in [0.717, 1.165) is 11.1 Å². The molecule has 0 atom stereocenters. The van der Waals surface area contributed by atoms with E-state index in [9.17, 15) is 9.59 Å². The molecular formula is C20H18N2O5. The third-order valence-electron chi connectivity index (χ3n) is 3.58. The van der Waals surface area contributed by atoms with Crippen molar-refractivity contribution in [2.45, 2.75) is 6.92 Å². The Morgan fingerprint density at radius 3 is 2.37 bits per heavy atom. The Balaban J connectivity index is 1.41. The Morgan fingerprint density at radius 2 is 1.70 bits per heavy atom. The van der Waals surface area contributed by atoms with Crippen molar-refractivity contribution in [2.75, 3.05) is 18.5 Å². The zero-order valence-electron chi connectivity index (χ0n) is 14.7. The topological polar surface area (TPSA) is 90.7 Å². The molecule has 3 rings (SSSR count). The van der Waals surface area contributed by atoms with Crippen molar-refractivity contribution in [1.29, 1.82) is 0 Å². The standard InChI is InChI=1S/C20H18N2O5/c1-14-11-18(22-27-14)21-19(23)12-26-20(24)13-25-17-9-7-16(8-10-17)15-5-3-2-4-6-15/h2-11H,12-13H2,1H3,(H,21,22,23). The first-order valence-electron chi connectivity index (χ1n) is 8.27. The molecule has 2 aromatic carbocycles. The van der Waals surface area contributed by atoms with Crippen LogP contribution in [0.5, 0.6) is 5.75 Å². The summed E-state index contributed by atoms with van der Waals surface area (Å²) in [6.45, 7) is 0.981. The highest BCUT2D eigenvalue weighted by Gasteiger charge is 2.10. The van der Waals surface area contributed by atoms with Crippen LogP contribution < -0.4 is 10.1 Å². The Morgan fingerprint density at radius 1 is 1.00 bits per heavy atom. The predicted molar refractivity (Wildman–Crippen MR) is 98.2 cm³/mol. The molecule has 0 spiro atoms. The number of benzene rings is 2. The number of carbonyl (C=O) groups is 2. The van der Waals surface area contributed by atoms with Crippen LogP contribution in [0.4, 0.5) is 5.82 Å². The van der Waals surface area contributed by atoms with Crippen LogP contribution in [0.3, 0.4) is 0 Å². The van der Waals surface area contributed by atoms with Crippen LogP contribution in [-0.2, 0) is 14.3 Å². The van der Waals surface area contributed by atoms with Gasteiger partial charge in [0.05, 0.1) is 0 Å². The van der Waals surface area contributed by atoms with Crippen LogP contribution in [0.15, 0.2) is 65.2 Å². The highest BCUT2D eigenvalue weighted by molar-refractivity contribution is 5.92. The second kappa shape index (κ2) is 8.66. The van der Waals surface area contributed by atoms with Gasteiger partial charge in [-0.3, -0.25) is 4.79 Å². The molecule has 3 aromatic rings. The van der Waals surface area contributed by atoms with Crippen LogP contribution in [-0.4, -0.2) is 30.2 Å². The molecule has 138 valence electrons. The summed E-state index contributed by atoms with van der Waals surface area (Å²) in [5.41, 5.74) is 2.14. The number of nitrogens with zero attached hydrogens (tertiary/aromatic N) is 1. The van der Waals surface area contributed by atoms with Gasteiger partial charge in [0.2, 0.25) is 0 Å². The lowest BCUT2D eigenvalue weighted by molar-refractivity contribution is -0.149. The molecule has 1 N–H and O–H groups in total. The number of hydrogen-bond donors (Lipinski definition) is 1. The summed E-state index contributed by atoms with van der Waals surface area (Å²) in [4.78, 5) is 23.4. The molecule has 0 radical (unpaired) electrons. The fourth-order valence-corrected chi connectivity index (χ4v) is 2.31. The van der Waals surface area contributed by atoms with Crippen LogP contribution in [0.1, 0.15) is 5.76 Å². The van der Waals surface area contributed by atoms with Crippen LogP contribution in [0.25, 0.3) is 11.1 Å². The average Bonchev–Trinajstić information content (AvgIpc) is 3.10. The lowest BCUT2D eigenvalue weighted by Gasteiger charge is -2.08. The quantitative estimate of drug-likeness (QED) is 0.646. The number of aromatic nitrogens is 1. The fraction of sp³-hybridized carbons (Fsp3) is 0.150. The molecule has 0 saturated carbocycles. The van der Waals surface area contributed by atoms with Crippen molar-refractivity contribution in [2.24, 2.45) is 0 Å². The monoisotopic (exact) mass is 366 g/mol. The molecule has 1 heterocycles. The predicted octanol–water partition coefficient (Wildman–Crippen LogP) is 3.21. The van der Waals surface area contributed by atoms with Crippen molar-refractivity contribution in [1.82, 2.24) is 5.16 Å². The normalized spacial score (nSPS) is 10.3.